The molecule has 0 aliphatic heterocycles. The maximum absolute atomic E-state index is 10.7. The molecule has 0 aliphatic carbocycles. The molecule has 0 radical (unpaired) electrons. The van der Waals surface area contributed by atoms with Crippen molar-refractivity contribution in [2.24, 2.45) is 5.73 Å². The number of rotatable bonds is 3. The molecule has 4 heteroatoms. The highest BCUT2D eigenvalue weighted by atomic mass is 32.1. The molecule has 0 saturated carbocycles. The summed E-state index contributed by atoms with van der Waals surface area (Å²) in [5.41, 5.74) is 4.77. The van der Waals surface area contributed by atoms with Crippen LogP contribution < -0.4 is 5.73 Å². The number of hydrogen-bond donors (Lipinski definition) is 1. The molecule has 0 bridgehead atoms. The van der Waals surface area contributed by atoms with Crippen LogP contribution in [-0.4, -0.2) is 11.7 Å². The van der Waals surface area contributed by atoms with Crippen molar-refractivity contribution in [2.45, 2.75) is 6.42 Å². The van der Waals surface area contributed by atoms with E-state index in [1.165, 1.54) is 11.3 Å². The molecule has 11 heavy (non-hydrogen) atoms. The van der Waals surface area contributed by atoms with E-state index in [2.05, 4.69) is 0 Å². The molecule has 1 aromatic rings. The molecular formula is C7H7NO2S. The van der Waals surface area contributed by atoms with Crippen LogP contribution in [0.5, 0.6) is 0 Å². The number of hydrogen-bond acceptors (Lipinski definition) is 3. The molecule has 0 spiro atoms. The lowest BCUT2D eigenvalue weighted by Gasteiger charge is -1.90. The van der Waals surface area contributed by atoms with Crippen molar-refractivity contribution >= 4 is 23.0 Å². The number of carbonyl (C=O) groups is 2. The fourth-order valence-corrected chi connectivity index (χ4v) is 1.36. The van der Waals surface area contributed by atoms with Crippen LogP contribution in [0.1, 0.15) is 4.88 Å². The third-order valence-corrected chi connectivity index (χ3v) is 2.07. The van der Waals surface area contributed by atoms with Crippen LogP contribution in [0.4, 0.5) is 0 Å². The number of thiophene rings is 1. The quantitative estimate of drug-likeness (QED) is 0.663. The van der Waals surface area contributed by atoms with Gasteiger partial charge in [0.15, 0.2) is 0 Å². The van der Waals surface area contributed by atoms with Crippen molar-refractivity contribution in [1.29, 1.82) is 0 Å². The van der Waals surface area contributed by atoms with Crippen molar-refractivity contribution in [2.75, 3.05) is 0 Å². The Labute approximate surface area is 67.8 Å². The van der Waals surface area contributed by atoms with Gasteiger partial charge in [0, 0.05) is 4.88 Å². The Bertz CT molecular complexity index is 266. The van der Waals surface area contributed by atoms with Crippen molar-refractivity contribution in [3.8, 4) is 0 Å². The summed E-state index contributed by atoms with van der Waals surface area (Å²) in [5, 5.41) is 1.85. The Kier molecular flexibility index (Phi) is 2.38. The normalized spacial score (nSPS) is 9.45. The Morgan fingerprint density at radius 2 is 2.27 bits per heavy atom. The van der Waals surface area contributed by atoms with Crippen LogP contribution in [0.2, 0.25) is 0 Å². The third kappa shape index (κ3) is 2.16. The number of amides is 1. The highest BCUT2D eigenvalue weighted by molar-refractivity contribution is 7.10. The average molecular weight is 169 g/mol. The summed E-state index contributed by atoms with van der Waals surface area (Å²) in [4.78, 5) is 21.9. The average Bonchev–Trinajstić information content (AvgIpc) is 2.39. The van der Waals surface area contributed by atoms with Gasteiger partial charge < -0.3 is 5.73 Å². The van der Waals surface area contributed by atoms with E-state index in [-0.39, 0.29) is 6.42 Å². The van der Waals surface area contributed by atoms with E-state index in [1.54, 1.807) is 6.07 Å². The first-order chi connectivity index (χ1) is 5.20. The second kappa shape index (κ2) is 3.30. The number of ketones is 1. The van der Waals surface area contributed by atoms with E-state index in [0.29, 0.717) is 0 Å². The van der Waals surface area contributed by atoms with Gasteiger partial charge in [-0.1, -0.05) is 6.07 Å². The minimum Gasteiger partial charge on any atom is -0.363 e. The van der Waals surface area contributed by atoms with Gasteiger partial charge in [0.05, 0.1) is 6.42 Å². The maximum atomic E-state index is 10.7. The summed E-state index contributed by atoms with van der Waals surface area (Å²) >= 11 is 1.44. The molecule has 0 atom stereocenters. The summed E-state index contributed by atoms with van der Waals surface area (Å²) in [6.45, 7) is 0. The van der Waals surface area contributed by atoms with Crippen LogP contribution in [0.25, 0.3) is 0 Å². The SMILES string of the molecule is NC(=O)C(=O)Cc1cccs1. The van der Waals surface area contributed by atoms with Gasteiger partial charge in [-0.05, 0) is 11.4 Å². The summed E-state index contributed by atoms with van der Waals surface area (Å²) in [6, 6.07) is 3.62. The topological polar surface area (TPSA) is 60.2 Å². The van der Waals surface area contributed by atoms with Crippen molar-refractivity contribution in [3.05, 3.63) is 22.4 Å². The third-order valence-electron chi connectivity index (χ3n) is 1.19. The van der Waals surface area contributed by atoms with Crippen LogP contribution in [0, 0.1) is 0 Å². The molecular weight excluding hydrogens is 162 g/mol. The molecule has 0 aliphatic rings. The van der Waals surface area contributed by atoms with Gasteiger partial charge in [-0.2, -0.15) is 0 Å². The second-order valence-electron chi connectivity index (χ2n) is 2.04. The standard InChI is InChI=1S/C7H7NO2S/c8-7(10)6(9)4-5-2-1-3-11-5/h1-3H,4H2,(H2,8,10). The largest absolute Gasteiger partial charge is 0.363 e. The number of Topliss-reactive ketones (excluding diaryl/α,β-unsaturated/α-hetero) is 1. The minimum atomic E-state index is -0.863. The molecule has 0 fully saturated rings. The molecule has 2 N–H and O–H groups in total. The number of nitrogens with two attached hydrogens (primary N) is 1. The smallest absolute Gasteiger partial charge is 0.285 e. The van der Waals surface area contributed by atoms with E-state index in [9.17, 15) is 9.59 Å². The van der Waals surface area contributed by atoms with E-state index in [0.717, 1.165) is 4.88 Å². The van der Waals surface area contributed by atoms with Gasteiger partial charge in [0.1, 0.15) is 0 Å². The van der Waals surface area contributed by atoms with Crippen LogP contribution in [0.3, 0.4) is 0 Å². The lowest BCUT2D eigenvalue weighted by molar-refractivity contribution is -0.135. The molecule has 58 valence electrons. The van der Waals surface area contributed by atoms with Crippen LogP contribution >= 0.6 is 11.3 Å². The summed E-state index contributed by atoms with van der Waals surface area (Å²) in [5.74, 6) is -1.40. The lowest BCUT2D eigenvalue weighted by Crippen LogP contribution is -2.24. The minimum absolute atomic E-state index is 0.132. The fourth-order valence-electron chi connectivity index (χ4n) is 0.659. The van der Waals surface area contributed by atoms with E-state index >= 15 is 0 Å². The van der Waals surface area contributed by atoms with E-state index < -0.39 is 11.7 Å². The maximum Gasteiger partial charge on any atom is 0.285 e. The first-order valence-electron chi connectivity index (χ1n) is 3.05. The zero-order valence-electron chi connectivity index (χ0n) is 5.74. The fraction of sp³-hybridized carbons (Fsp3) is 0.143. The van der Waals surface area contributed by atoms with Gasteiger partial charge in [-0.15, -0.1) is 11.3 Å². The van der Waals surface area contributed by atoms with Gasteiger partial charge in [-0.3, -0.25) is 9.59 Å². The van der Waals surface area contributed by atoms with Gasteiger partial charge >= 0.3 is 0 Å². The van der Waals surface area contributed by atoms with E-state index in [1.807, 2.05) is 11.4 Å². The lowest BCUT2D eigenvalue weighted by atomic mass is 10.2. The Hall–Kier alpha value is -1.16. The predicted molar refractivity (Wildman–Crippen MR) is 42.2 cm³/mol. The monoisotopic (exact) mass is 169 g/mol. The Balaban J connectivity index is 2.57. The van der Waals surface area contributed by atoms with E-state index in [4.69, 9.17) is 5.73 Å². The van der Waals surface area contributed by atoms with Gasteiger partial charge in [-0.25, -0.2) is 0 Å². The molecule has 1 aromatic heterocycles. The second-order valence-corrected chi connectivity index (χ2v) is 3.08. The summed E-state index contributed by atoms with van der Waals surface area (Å²) < 4.78 is 0. The van der Waals surface area contributed by atoms with Crippen LogP contribution in [0.15, 0.2) is 17.5 Å². The Morgan fingerprint density at radius 1 is 1.55 bits per heavy atom. The van der Waals surface area contributed by atoms with Crippen molar-refractivity contribution in [1.82, 2.24) is 0 Å². The van der Waals surface area contributed by atoms with Gasteiger partial charge in [0.2, 0.25) is 5.78 Å². The molecule has 0 unspecified atom stereocenters. The molecule has 0 saturated heterocycles. The van der Waals surface area contributed by atoms with Crippen LogP contribution in [-0.2, 0) is 16.0 Å². The first-order valence-corrected chi connectivity index (χ1v) is 3.93. The molecule has 1 amide bonds. The first kappa shape index (κ1) is 7.94. The van der Waals surface area contributed by atoms with Crippen molar-refractivity contribution in [3.63, 3.8) is 0 Å². The summed E-state index contributed by atoms with van der Waals surface area (Å²) in [6.07, 6.45) is 0.132. The molecule has 1 rings (SSSR count). The molecule has 0 aromatic carbocycles. The van der Waals surface area contributed by atoms with Crippen molar-refractivity contribution < 1.29 is 9.59 Å². The highest BCUT2D eigenvalue weighted by Gasteiger charge is 2.09. The Morgan fingerprint density at radius 3 is 2.73 bits per heavy atom. The van der Waals surface area contributed by atoms with Gasteiger partial charge in [0.25, 0.3) is 5.91 Å². The summed E-state index contributed by atoms with van der Waals surface area (Å²) in [7, 11) is 0. The zero-order chi connectivity index (χ0) is 8.27. The predicted octanol–water partition coefficient (Wildman–Crippen LogP) is 0.345. The number of primary amides is 1. The molecule has 3 nitrogen and oxygen atoms in total. The number of carbonyl (C=O) groups excluding carboxylic acids is 2. The highest BCUT2D eigenvalue weighted by Crippen LogP contribution is 2.08. The zero-order valence-corrected chi connectivity index (χ0v) is 6.56. The molecule has 1 heterocycles.